The number of rotatable bonds is 0. The molecule has 0 spiro atoms. The Bertz CT molecular complexity index is 3.61. The molecule has 0 unspecified atom stereocenters. The third kappa shape index (κ3) is 17.7. The molecule has 0 aromatic rings. The van der Waals surface area contributed by atoms with E-state index in [1.54, 1.807) is 0 Å². The van der Waals surface area contributed by atoms with Crippen LogP contribution in [-0.2, 0) is 0 Å². The second-order valence-electron chi connectivity index (χ2n) is 0. The zero-order valence-corrected chi connectivity index (χ0v) is 14.9. The van der Waals surface area contributed by atoms with E-state index in [2.05, 4.69) is 0 Å². The van der Waals surface area contributed by atoms with Crippen molar-refractivity contribution in [3.05, 3.63) is 0 Å². The van der Waals surface area contributed by atoms with E-state index in [1.807, 2.05) is 0 Å². The van der Waals surface area contributed by atoms with Gasteiger partial charge in [0.15, 0.2) is 0 Å². The van der Waals surface area contributed by atoms with Gasteiger partial charge in [-0.1, -0.05) is 0 Å². The van der Waals surface area contributed by atoms with Crippen molar-refractivity contribution in [1.29, 1.82) is 0 Å². The third-order valence-corrected chi connectivity index (χ3v) is 0. The summed E-state index contributed by atoms with van der Waals surface area (Å²) in [5, 5.41) is 0. The second kappa shape index (κ2) is 23.5. The fourth-order valence-corrected chi connectivity index (χ4v) is 0. The normalized spacial score (nSPS) is 0. The average molecular weight is 550 g/mol. The van der Waals surface area contributed by atoms with Crippen molar-refractivity contribution < 1.29 is 123 Å². The van der Waals surface area contributed by atoms with Gasteiger partial charge in [0.1, 0.15) is 0 Å². The van der Waals surface area contributed by atoms with Crippen LogP contribution in [0.25, 0.3) is 0 Å². The monoisotopic (exact) mass is 550 g/mol. The van der Waals surface area contributed by atoms with Crippen LogP contribution in [0.5, 0.6) is 0 Å². The van der Waals surface area contributed by atoms with E-state index in [0.29, 0.717) is 0 Å². The summed E-state index contributed by atoms with van der Waals surface area (Å²) in [5.74, 6) is 0. The van der Waals surface area contributed by atoms with Crippen LogP contribution in [-0.4, -0.2) is 0 Å². The Balaban J connectivity index is 0. The standard InChI is InChI=1S/H2I.3HI.K/h1H2;3*1H;/q+1;;;;+1/p-2. The molecular formula is H3I4K. The van der Waals surface area contributed by atoms with E-state index in [9.17, 15) is 0 Å². The molecule has 0 atom stereocenters. The van der Waals surface area contributed by atoms with Gasteiger partial charge in [-0.05, 0) is 0 Å². The number of hydrogen-bond acceptors (Lipinski definition) is 0. The van der Waals surface area contributed by atoms with Gasteiger partial charge < -0.3 is 48.0 Å². The summed E-state index contributed by atoms with van der Waals surface area (Å²) in [7, 11) is 0. The molecule has 0 bridgehead atoms. The first-order valence-electron chi connectivity index (χ1n) is 0. The largest absolute Gasteiger partial charge is 1.00 e. The summed E-state index contributed by atoms with van der Waals surface area (Å²) in [5.41, 5.74) is 0. The molecule has 0 amide bonds. The maximum absolute atomic E-state index is 0. The molecule has 0 aliphatic heterocycles. The van der Waals surface area contributed by atoms with Crippen molar-refractivity contribution in [3.8, 4) is 0 Å². The molecule has 0 rings (SSSR count). The van der Waals surface area contributed by atoms with Gasteiger partial charge in [0.05, 0.1) is 0 Å². The SMILES string of the molecule is I.[I-].[I-].[IH2+].[K+]. The Morgan fingerprint density at radius 1 is 0.800 bits per heavy atom. The van der Waals surface area contributed by atoms with Crippen molar-refractivity contribution >= 4 is 24.0 Å². The van der Waals surface area contributed by atoms with Crippen LogP contribution in [0.4, 0.5) is 0 Å². The van der Waals surface area contributed by atoms with Gasteiger partial charge in [0.2, 0.25) is 24.0 Å². The topological polar surface area (TPSA) is 0 Å². The minimum atomic E-state index is 0. The molecule has 0 aromatic heterocycles. The summed E-state index contributed by atoms with van der Waals surface area (Å²) in [6, 6.07) is 0. The van der Waals surface area contributed by atoms with Gasteiger partial charge in [-0.15, -0.1) is 24.0 Å². The Kier molecular flexibility index (Phi) is 159. The third-order valence-electron chi connectivity index (χ3n) is 0. The van der Waals surface area contributed by atoms with Crippen LogP contribution in [0.15, 0.2) is 0 Å². The Hall–Kier alpha value is 4.56. The fraction of sp³-hybridized carbons (Fsp3) is 0. The van der Waals surface area contributed by atoms with Gasteiger partial charge in [-0.2, -0.15) is 0 Å². The maximum Gasteiger partial charge on any atom is 1.00 e. The predicted octanol–water partition coefficient (Wildman–Crippen LogP) is -11.9. The van der Waals surface area contributed by atoms with Gasteiger partial charge in [-0.3, -0.25) is 0 Å². The minimum Gasteiger partial charge on any atom is -1.00 e. The molecule has 0 aliphatic rings. The van der Waals surface area contributed by atoms with Crippen molar-refractivity contribution in [2.75, 3.05) is 0 Å². The Labute approximate surface area is 143 Å². The second-order valence-corrected chi connectivity index (χ2v) is 0. The Morgan fingerprint density at radius 2 is 0.800 bits per heavy atom. The van der Waals surface area contributed by atoms with Gasteiger partial charge >= 0.3 is 51.4 Å². The molecule has 0 aromatic carbocycles. The molecule has 0 aliphatic carbocycles. The van der Waals surface area contributed by atoms with Crippen molar-refractivity contribution in [2.24, 2.45) is 0 Å². The molecule has 0 radical (unpaired) electrons. The molecule has 0 heterocycles. The minimum absolute atomic E-state index is 0. The molecular weight excluding hydrogens is 547 g/mol. The quantitative estimate of drug-likeness (QED) is 0.208. The van der Waals surface area contributed by atoms with Gasteiger partial charge in [0.25, 0.3) is 0 Å². The summed E-state index contributed by atoms with van der Waals surface area (Å²) in [6.07, 6.45) is 0. The van der Waals surface area contributed by atoms with Gasteiger partial charge in [0, 0.05) is 0 Å². The maximum atomic E-state index is 0. The van der Waals surface area contributed by atoms with E-state index in [-0.39, 0.29) is 147 Å². The van der Waals surface area contributed by atoms with E-state index in [4.69, 9.17) is 0 Å². The Morgan fingerprint density at radius 3 is 0.800 bits per heavy atom. The molecule has 32 valence electrons. The summed E-state index contributed by atoms with van der Waals surface area (Å²) in [4.78, 5) is 0. The van der Waals surface area contributed by atoms with Crippen LogP contribution in [0.2, 0.25) is 0 Å². The van der Waals surface area contributed by atoms with E-state index in [0.717, 1.165) is 0 Å². The molecule has 5 heteroatoms. The fourth-order valence-electron chi connectivity index (χ4n) is 0. The first-order valence-corrected chi connectivity index (χ1v) is 0. The molecule has 0 saturated heterocycles. The van der Waals surface area contributed by atoms with E-state index < -0.39 is 0 Å². The average Bonchev–Trinajstić information content (AvgIpc) is 0. The van der Waals surface area contributed by atoms with Crippen LogP contribution in [0.1, 0.15) is 0 Å². The summed E-state index contributed by atoms with van der Waals surface area (Å²) < 4.78 is 0. The predicted molar refractivity (Wildman–Crippen MR) is 18.2 cm³/mol. The number of hydrogen-bond donors (Lipinski definition) is 0. The van der Waals surface area contributed by atoms with Crippen LogP contribution in [0.3, 0.4) is 0 Å². The van der Waals surface area contributed by atoms with Crippen molar-refractivity contribution in [2.45, 2.75) is 0 Å². The zero-order valence-electron chi connectivity index (χ0n) is 2.61. The first kappa shape index (κ1) is 33.7. The van der Waals surface area contributed by atoms with E-state index in [1.165, 1.54) is 0 Å². The van der Waals surface area contributed by atoms with Crippen molar-refractivity contribution in [1.82, 2.24) is 0 Å². The molecule has 0 N–H and O–H groups in total. The first-order chi connectivity index (χ1) is 0. The van der Waals surface area contributed by atoms with Crippen LogP contribution >= 0.6 is 24.0 Å². The van der Waals surface area contributed by atoms with Crippen molar-refractivity contribution in [3.63, 3.8) is 0 Å². The molecule has 0 nitrogen and oxygen atoms in total. The van der Waals surface area contributed by atoms with Crippen LogP contribution < -0.4 is 123 Å². The summed E-state index contributed by atoms with van der Waals surface area (Å²) >= 11 is 0. The summed E-state index contributed by atoms with van der Waals surface area (Å²) in [6.45, 7) is 0. The van der Waals surface area contributed by atoms with E-state index >= 15 is 0 Å². The molecule has 5 heavy (non-hydrogen) atoms. The molecule has 0 saturated carbocycles. The van der Waals surface area contributed by atoms with Gasteiger partial charge in [-0.25, -0.2) is 0 Å². The number of halogens is 4. The zero-order chi connectivity index (χ0) is 0. The van der Waals surface area contributed by atoms with Crippen LogP contribution in [0, 0.1) is 0 Å². The smallest absolute Gasteiger partial charge is 1.00 e. The molecule has 0 fully saturated rings.